The molecular weight excluding hydrogens is 635 g/mol. The van der Waals surface area contributed by atoms with Crippen molar-refractivity contribution in [2.75, 3.05) is 20.7 Å². The van der Waals surface area contributed by atoms with Gasteiger partial charge in [-0.25, -0.2) is 0 Å². The lowest BCUT2D eigenvalue weighted by molar-refractivity contribution is -0.278. The molecule has 0 bridgehead atoms. The van der Waals surface area contributed by atoms with Crippen LogP contribution in [0.15, 0.2) is 45.8 Å². The molecule has 4 aromatic rings. The van der Waals surface area contributed by atoms with Gasteiger partial charge in [-0.2, -0.15) is 0 Å². The zero-order valence-electron chi connectivity index (χ0n) is 28.7. The summed E-state index contributed by atoms with van der Waals surface area (Å²) in [6.45, 7) is 5.34. The Kier molecular flexibility index (Phi) is 6.38. The topological polar surface area (TPSA) is 92.8 Å². The number of fused-ring (bicyclic) bond motifs is 7. The van der Waals surface area contributed by atoms with Gasteiger partial charge >= 0.3 is 0 Å². The van der Waals surface area contributed by atoms with Gasteiger partial charge in [-0.05, 0) is 112 Å². The molecule has 9 nitrogen and oxygen atoms in total. The van der Waals surface area contributed by atoms with Crippen molar-refractivity contribution in [2.24, 2.45) is 5.41 Å². The lowest BCUT2D eigenvalue weighted by Crippen LogP contribution is -2.96. The number of amides is 2. The van der Waals surface area contributed by atoms with E-state index in [1.54, 1.807) is 7.11 Å². The van der Waals surface area contributed by atoms with Gasteiger partial charge in [0.1, 0.15) is 11.5 Å². The number of piperidine rings is 1. The summed E-state index contributed by atoms with van der Waals surface area (Å²) in [6, 6.07) is 13.4. The first-order chi connectivity index (χ1) is 23.8. The monoisotopic (exact) mass is 677 g/mol. The van der Waals surface area contributed by atoms with Crippen LogP contribution in [0.25, 0.3) is 22.2 Å². The number of methoxy groups -OCH3 is 1. The van der Waals surface area contributed by atoms with Crippen LogP contribution in [0.4, 0.5) is 0 Å². The number of likely N-dealkylation sites (tertiary alicyclic amines) is 2. The predicted octanol–water partition coefficient (Wildman–Crippen LogP) is 6.95. The minimum absolute atomic E-state index is 0.144. The van der Waals surface area contributed by atoms with Gasteiger partial charge in [-0.15, -0.1) is 0 Å². The molecule has 254 valence electrons. The summed E-state index contributed by atoms with van der Waals surface area (Å²) in [6.07, 6.45) is 9.20. The molecule has 0 radical (unpaired) electrons. The number of rotatable bonds is 6. The molecule has 10 rings (SSSR count). The number of piperazine rings is 1. The van der Waals surface area contributed by atoms with Crippen molar-refractivity contribution in [1.29, 1.82) is 0 Å². The molecule has 5 fully saturated rings. The summed E-state index contributed by atoms with van der Waals surface area (Å²) in [5.41, 5.74) is 7.24. The fourth-order valence-electron chi connectivity index (χ4n) is 10.7. The molecule has 1 spiro atoms. The van der Waals surface area contributed by atoms with Gasteiger partial charge in [-0.1, -0.05) is 30.5 Å². The Morgan fingerprint density at radius 2 is 1.90 bits per heavy atom. The average Bonchev–Trinajstić information content (AvgIpc) is 3.66. The number of benzene rings is 2. The quantitative estimate of drug-likeness (QED) is 0.221. The number of carbonyl (C=O) groups is 2. The van der Waals surface area contributed by atoms with Crippen molar-refractivity contribution in [1.82, 2.24) is 24.2 Å². The van der Waals surface area contributed by atoms with Gasteiger partial charge in [0.15, 0.2) is 0 Å². The highest BCUT2D eigenvalue weighted by Gasteiger charge is 2.78. The highest BCUT2D eigenvalue weighted by atomic mass is 32.2. The third kappa shape index (κ3) is 3.90. The molecule has 5 atom stereocenters. The Morgan fingerprint density at radius 3 is 2.59 bits per heavy atom. The van der Waals surface area contributed by atoms with E-state index in [-0.39, 0.29) is 17.4 Å². The van der Waals surface area contributed by atoms with E-state index in [0.717, 1.165) is 54.1 Å². The second kappa shape index (κ2) is 10.4. The van der Waals surface area contributed by atoms with E-state index in [1.807, 2.05) is 19.9 Å². The van der Waals surface area contributed by atoms with Crippen molar-refractivity contribution in [3.63, 3.8) is 0 Å². The van der Waals surface area contributed by atoms with E-state index in [2.05, 4.69) is 61.6 Å². The molecule has 5 unspecified atom stereocenters. The van der Waals surface area contributed by atoms with Gasteiger partial charge < -0.3 is 18.7 Å². The van der Waals surface area contributed by atoms with Gasteiger partial charge in [0.2, 0.25) is 5.91 Å². The number of likely N-dealkylation sites (N-methyl/N-ethyl adjacent to an activating group) is 1. The number of aromatic nitrogens is 2. The molecule has 10 heteroatoms. The van der Waals surface area contributed by atoms with E-state index in [1.165, 1.54) is 65.4 Å². The van der Waals surface area contributed by atoms with Crippen LogP contribution < -0.4 is 9.46 Å². The van der Waals surface area contributed by atoms with Crippen LogP contribution in [0, 0.1) is 19.3 Å². The number of ether oxygens (including phenoxy) is 1. The van der Waals surface area contributed by atoms with Gasteiger partial charge in [0, 0.05) is 41.0 Å². The number of nitrogens with zero attached hydrogens (tertiary/aromatic N) is 4. The SMILES string of the molecule is COc1ccc2c(c1)C1CC1(C(=O)N1C3CCC34C1CN4C)Cn1c-2c(C2CCCCC2)c2ccc(C(=O)NSc3c(C)noc3C)cc21. The molecule has 3 aliphatic carbocycles. The van der Waals surface area contributed by atoms with Crippen molar-refractivity contribution in [2.45, 2.75) is 106 Å². The van der Waals surface area contributed by atoms with Crippen LogP contribution in [-0.2, 0) is 11.3 Å². The second-order valence-electron chi connectivity index (χ2n) is 15.6. The molecule has 49 heavy (non-hydrogen) atoms. The molecular formula is C39H43N5O4S. The standard InChI is InChI=1S/C39H43N5O4S/c1-21-35(22(2)48-40-21)49-41-36(45)24-10-12-27-30(16-24)43-20-38(37(46)44-31-14-15-39(31)32(44)19-42(39)3)18-29(38)28-17-25(47-4)11-13-26(28)34(43)33(27)23-8-6-5-7-9-23/h10-13,16-17,23,29,31-32H,5-9,14-15,18-20H2,1-4H3,(H,41,45). The Bertz CT molecular complexity index is 2050. The minimum atomic E-state index is -0.504. The third-order valence-electron chi connectivity index (χ3n) is 13.5. The number of hydrogen-bond donors (Lipinski definition) is 1. The van der Waals surface area contributed by atoms with Gasteiger partial charge in [-0.3, -0.25) is 19.2 Å². The largest absolute Gasteiger partial charge is 0.497 e. The van der Waals surface area contributed by atoms with Crippen LogP contribution >= 0.6 is 11.9 Å². The first-order valence-electron chi connectivity index (χ1n) is 18.1. The second-order valence-corrected chi connectivity index (χ2v) is 16.4. The van der Waals surface area contributed by atoms with E-state index >= 15 is 4.79 Å². The van der Waals surface area contributed by atoms with Crippen molar-refractivity contribution in [3.8, 4) is 17.0 Å². The highest BCUT2D eigenvalue weighted by molar-refractivity contribution is 7.98. The maximum absolute atomic E-state index is 15.0. The Hall–Kier alpha value is -3.76. The van der Waals surface area contributed by atoms with Crippen LogP contribution in [0.3, 0.4) is 0 Å². The first-order valence-corrected chi connectivity index (χ1v) is 18.9. The van der Waals surface area contributed by atoms with E-state index < -0.39 is 5.41 Å². The maximum atomic E-state index is 15.0. The predicted molar refractivity (Wildman–Crippen MR) is 188 cm³/mol. The van der Waals surface area contributed by atoms with Crippen LogP contribution in [0.2, 0.25) is 0 Å². The molecule has 2 amide bonds. The van der Waals surface area contributed by atoms with Crippen molar-refractivity contribution < 1.29 is 18.8 Å². The van der Waals surface area contributed by atoms with E-state index in [9.17, 15) is 4.79 Å². The molecule has 2 aromatic carbocycles. The first kappa shape index (κ1) is 30.1. The number of hydrogen-bond acceptors (Lipinski definition) is 7. The third-order valence-corrected chi connectivity index (χ3v) is 14.5. The Morgan fingerprint density at radius 1 is 1.06 bits per heavy atom. The molecule has 5 heterocycles. The fourth-order valence-corrected chi connectivity index (χ4v) is 11.4. The molecule has 1 N–H and O–H groups in total. The molecule has 3 aliphatic heterocycles. The lowest BCUT2D eigenvalue weighted by Gasteiger charge is -2.80. The summed E-state index contributed by atoms with van der Waals surface area (Å²) in [4.78, 5) is 34.3. The van der Waals surface area contributed by atoms with Crippen LogP contribution in [0.5, 0.6) is 5.75 Å². The average molecular weight is 678 g/mol. The Balaban J connectivity index is 1.11. The zero-order valence-corrected chi connectivity index (χ0v) is 29.5. The van der Waals surface area contributed by atoms with Gasteiger partial charge in [0.05, 0.1) is 46.4 Å². The molecule has 2 saturated heterocycles. The number of aryl methyl sites for hydroxylation is 2. The zero-order chi connectivity index (χ0) is 33.4. The number of nitrogens with one attached hydrogen (secondary N) is 1. The summed E-state index contributed by atoms with van der Waals surface area (Å²) in [7, 11) is 3.95. The summed E-state index contributed by atoms with van der Waals surface area (Å²) < 4.78 is 16.6. The minimum Gasteiger partial charge on any atom is -0.497 e. The smallest absolute Gasteiger partial charge is 0.261 e. The lowest BCUT2D eigenvalue weighted by atomic mass is 9.52. The summed E-state index contributed by atoms with van der Waals surface area (Å²) in [5.74, 6) is 2.29. The molecule has 3 saturated carbocycles. The van der Waals surface area contributed by atoms with E-state index in [0.29, 0.717) is 41.8 Å². The Labute approximate surface area is 290 Å². The van der Waals surface area contributed by atoms with Crippen LogP contribution in [0.1, 0.15) is 96.1 Å². The van der Waals surface area contributed by atoms with Crippen molar-refractivity contribution >= 4 is 34.7 Å². The highest BCUT2D eigenvalue weighted by Crippen LogP contribution is 2.69. The summed E-state index contributed by atoms with van der Waals surface area (Å²) >= 11 is 1.25. The van der Waals surface area contributed by atoms with Crippen LogP contribution in [-0.4, -0.2) is 69.7 Å². The number of carbonyl (C=O) groups excluding carboxylic acids is 2. The normalized spacial score (nSPS) is 29.6. The van der Waals surface area contributed by atoms with E-state index in [4.69, 9.17) is 9.26 Å². The fraction of sp³-hybridized carbons (Fsp3) is 0.513. The summed E-state index contributed by atoms with van der Waals surface area (Å²) in [5, 5.41) is 5.24. The van der Waals surface area contributed by atoms with Crippen molar-refractivity contribution in [3.05, 3.63) is 64.5 Å². The molecule has 6 aliphatic rings. The van der Waals surface area contributed by atoms with Gasteiger partial charge in [0.25, 0.3) is 5.91 Å². The molecule has 2 aromatic heterocycles. The maximum Gasteiger partial charge on any atom is 0.261 e.